The maximum absolute atomic E-state index is 13.4. The van der Waals surface area contributed by atoms with Crippen molar-refractivity contribution in [3.05, 3.63) is 41.8 Å². The van der Waals surface area contributed by atoms with Crippen molar-refractivity contribution in [1.82, 2.24) is 0 Å². The lowest BCUT2D eigenvalue weighted by atomic mass is 9.84. The van der Waals surface area contributed by atoms with E-state index in [9.17, 15) is 8.78 Å². The van der Waals surface area contributed by atoms with Crippen molar-refractivity contribution in [2.45, 2.75) is 31.6 Å². The van der Waals surface area contributed by atoms with Gasteiger partial charge in [0, 0.05) is 0 Å². The second kappa shape index (κ2) is 4.07. The summed E-state index contributed by atoms with van der Waals surface area (Å²) in [4.78, 5) is 0. The molecule has 14 heavy (non-hydrogen) atoms. The maximum Gasteiger partial charge on any atom is 0.162 e. The van der Waals surface area contributed by atoms with Crippen LogP contribution in [0.25, 0.3) is 0 Å². The fourth-order valence-electron chi connectivity index (χ4n) is 2.07. The molecule has 0 unspecified atom stereocenters. The fourth-order valence-corrected chi connectivity index (χ4v) is 2.07. The zero-order valence-electron chi connectivity index (χ0n) is 7.97. The van der Waals surface area contributed by atoms with Crippen molar-refractivity contribution in [1.29, 1.82) is 0 Å². The highest BCUT2D eigenvalue weighted by atomic mass is 19.2. The highest BCUT2D eigenvalue weighted by molar-refractivity contribution is 5.23. The zero-order valence-corrected chi connectivity index (χ0v) is 7.97. The molecule has 2 rings (SSSR count). The van der Waals surface area contributed by atoms with E-state index in [1.165, 1.54) is 6.07 Å². The number of rotatable bonds is 1. The van der Waals surface area contributed by atoms with Crippen molar-refractivity contribution in [2.75, 3.05) is 0 Å². The van der Waals surface area contributed by atoms with Gasteiger partial charge in [0.05, 0.1) is 0 Å². The number of hydrogen-bond donors (Lipinski definition) is 0. The van der Waals surface area contributed by atoms with Gasteiger partial charge in [-0.1, -0.05) is 12.1 Å². The fraction of sp³-hybridized carbons (Fsp3) is 0.417. The summed E-state index contributed by atoms with van der Waals surface area (Å²) in [7, 11) is 0. The van der Waals surface area contributed by atoms with E-state index in [-0.39, 0.29) is 5.92 Å². The molecule has 0 saturated heterocycles. The summed E-state index contributed by atoms with van der Waals surface area (Å²) in [6.07, 6.45) is 6.13. The van der Waals surface area contributed by atoms with E-state index in [2.05, 4.69) is 6.42 Å². The van der Waals surface area contributed by atoms with Gasteiger partial charge in [0.2, 0.25) is 0 Å². The van der Waals surface area contributed by atoms with Crippen LogP contribution >= 0.6 is 0 Å². The minimum absolute atomic E-state index is 0.204. The first-order chi connectivity index (χ1) is 6.79. The van der Waals surface area contributed by atoms with Gasteiger partial charge in [0.25, 0.3) is 0 Å². The lowest BCUT2D eigenvalue weighted by Gasteiger charge is -2.22. The Hall–Kier alpha value is -0.920. The Bertz CT molecular complexity index is 314. The van der Waals surface area contributed by atoms with Crippen LogP contribution < -0.4 is 0 Å². The van der Waals surface area contributed by atoms with E-state index < -0.39 is 11.6 Å². The summed E-state index contributed by atoms with van der Waals surface area (Å²) in [5.41, 5.74) is 0.554. The number of benzene rings is 1. The van der Waals surface area contributed by atoms with Gasteiger partial charge in [-0.15, -0.1) is 0 Å². The Kier molecular flexibility index (Phi) is 2.80. The van der Waals surface area contributed by atoms with Crippen LogP contribution in [0.2, 0.25) is 0 Å². The van der Waals surface area contributed by atoms with Gasteiger partial charge in [-0.2, -0.15) is 0 Å². The van der Waals surface area contributed by atoms with E-state index in [1.807, 2.05) is 0 Å². The van der Waals surface area contributed by atoms with Gasteiger partial charge in [0.1, 0.15) is 0 Å². The Labute approximate surface area is 82.9 Å². The molecule has 75 valence electrons. The SMILES string of the molecule is Fc1cccc(C2CC[CH]CC2)c1F. The van der Waals surface area contributed by atoms with Crippen LogP contribution in [0.15, 0.2) is 18.2 Å². The standard InChI is InChI=1S/C12H13F2/c13-11-8-4-7-10(12(11)14)9-5-2-1-3-6-9/h1,4,7-9H,2-3,5-6H2. The maximum atomic E-state index is 13.4. The van der Waals surface area contributed by atoms with E-state index in [1.54, 1.807) is 12.1 Å². The molecule has 1 aromatic rings. The Morgan fingerprint density at radius 2 is 1.79 bits per heavy atom. The quantitative estimate of drug-likeness (QED) is 0.639. The van der Waals surface area contributed by atoms with Crippen molar-refractivity contribution in [2.24, 2.45) is 0 Å². The minimum atomic E-state index is -0.725. The van der Waals surface area contributed by atoms with Gasteiger partial charge < -0.3 is 0 Å². The average molecular weight is 195 g/mol. The first-order valence-electron chi connectivity index (χ1n) is 5.04. The Morgan fingerprint density at radius 1 is 1.07 bits per heavy atom. The van der Waals surface area contributed by atoms with E-state index in [0.29, 0.717) is 5.56 Å². The van der Waals surface area contributed by atoms with Crippen molar-refractivity contribution >= 4 is 0 Å². The van der Waals surface area contributed by atoms with Gasteiger partial charge >= 0.3 is 0 Å². The molecule has 1 aromatic carbocycles. The molecule has 0 nitrogen and oxygen atoms in total. The summed E-state index contributed by atoms with van der Waals surface area (Å²) in [6.45, 7) is 0. The lowest BCUT2D eigenvalue weighted by Crippen LogP contribution is -2.07. The van der Waals surface area contributed by atoms with E-state index >= 15 is 0 Å². The monoisotopic (exact) mass is 195 g/mol. The molecule has 0 N–H and O–H groups in total. The van der Waals surface area contributed by atoms with Crippen molar-refractivity contribution in [3.8, 4) is 0 Å². The molecule has 0 heterocycles. The second-order valence-electron chi connectivity index (χ2n) is 3.78. The molecular formula is C12H13F2. The Morgan fingerprint density at radius 3 is 2.50 bits per heavy atom. The molecule has 2 heteroatoms. The van der Waals surface area contributed by atoms with Gasteiger partial charge in [-0.25, -0.2) is 8.78 Å². The second-order valence-corrected chi connectivity index (χ2v) is 3.78. The van der Waals surface area contributed by atoms with Crippen LogP contribution in [0.4, 0.5) is 8.78 Å². The third-order valence-electron chi connectivity index (χ3n) is 2.86. The summed E-state index contributed by atoms with van der Waals surface area (Å²) >= 11 is 0. The largest absolute Gasteiger partial charge is 0.204 e. The molecule has 0 aromatic heterocycles. The van der Waals surface area contributed by atoms with Crippen molar-refractivity contribution in [3.63, 3.8) is 0 Å². The van der Waals surface area contributed by atoms with Crippen LogP contribution in [0.3, 0.4) is 0 Å². The summed E-state index contributed by atoms with van der Waals surface area (Å²) < 4.78 is 26.4. The molecule has 0 amide bonds. The zero-order chi connectivity index (χ0) is 9.97. The first kappa shape index (κ1) is 9.63. The summed E-state index contributed by atoms with van der Waals surface area (Å²) in [5.74, 6) is -1.17. The number of halogens is 2. The molecule has 1 saturated carbocycles. The lowest BCUT2D eigenvalue weighted by molar-refractivity contribution is 0.454. The van der Waals surface area contributed by atoms with Crippen LogP contribution in [-0.4, -0.2) is 0 Å². The van der Waals surface area contributed by atoms with Gasteiger partial charge in [-0.05, 0) is 49.7 Å². The topological polar surface area (TPSA) is 0 Å². The predicted octanol–water partition coefficient (Wildman–Crippen LogP) is 3.83. The molecule has 0 bridgehead atoms. The molecule has 1 aliphatic carbocycles. The highest BCUT2D eigenvalue weighted by Crippen LogP contribution is 2.33. The molecule has 0 aliphatic heterocycles. The third kappa shape index (κ3) is 1.79. The van der Waals surface area contributed by atoms with Crippen LogP contribution in [0, 0.1) is 18.1 Å². The van der Waals surface area contributed by atoms with Gasteiger partial charge in [0.15, 0.2) is 11.6 Å². The van der Waals surface area contributed by atoms with Crippen LogP contribution in [0.5, 0.6) is 0 Å². The highest BCUT2D eigenvalue weighted by Gasteiger charge is 2.20. The summed E-state index contributed by atoms with van der Waals surface area (Å²) in [5, 5.41) is 0. The molecule has 1 fully saturated rings. The minimum Gasteiger partial charge on any atom is -0.204 e. The molecular weight excluding hydrogens is 182 g/mol. The smallest absolute Gasteiger partial charge is 0.162 e. The molecule has 1 radical (unpaired) electrons. The van der Waals surface area contributed by atoms with Gasteiger partial charge in [-0.3, -0.25) is 0 Å². The normalized spacial score (nSPS) is 18.4. The Balaban J connectivity index is 2.26. The van der Waals surface area contributed by atoms with Crippen LogP contribution in [0.1, 0.15) is 37.2 Å². The van der Waals surface area contributed by atoms with E-state index in [4.69, 9.17) is 0 Å². The molecule has 0 atom stereocenters. The number of hydrogen-bond acceptors (Lipinski definition) is 0. The van der Waals surface area contributed by atoms with E-state index in [0.717, 1.165) is 25.7 Å². The molecule has 1 aliphatic rings. The van der Waals surface area contributed by atoms with Crippen LogP contribution in [-0.2, 0) is 0 Å². The summed E-state index contributed by atoms with van der Waals surface area (Å²) in [6, 6.07) is 4.47. The first-order valence-corrected chi connectivity index (χ1v) is 5.04. The predicted molar refractivity (Wildman–Crippen MR) is 51.9 cm³/mol. The average Bonchev–Trinajstić information content (AvgIpc) is 2.23. The molecule has 0 spiro atoms. The third-order valence-corrected chi connectivity index (χ3v) is 2.86. The van der Waals surface area contributed by atoms with Crippen molar-refractivity contribution < 1.29 is 8.78 Å².